The molecule has 1 aliphatic heterocycles. The Kier molecular flexibility index (Phi) is 4.97. The summed E-state index contributed by atoms with van der Waals surface area (Å²) < 4.78 is 5.77. The van der Waals surface area contributed by atoms with Crippen molar-refractivity contribution in [3.63, 3.8) is 0 Å². The Balaban J connectivity index is 2.11. The summed E-state index contributed by atoms with van der Waals surface area (Å²) in [5.41, 5.74) is 1.00. The van der Waals surface area contributed by atoms with Gasteiger partial charge >= 0.3 is 0 Å². The van der Waals surface area contributed by atoms with Crippen LogP contribution in [0.5, 0.6) is 0 Å². The van der Waals surface area contributed by atoms with Gasteiger partial charge in [-0.25, -0.2) is 0 Å². The normalized spacial score (nSPS) is 28.0. The molecule has 3 heteroatoms. The number of benzene rings is 1. The van der Waals surface area contributed by atoms with Crippen LogP contribution in [0.2, 0.25) is 0 Å². The van der Waals surface area contributed by atoms with Crippen molar-refractivity contribution in [1.29, 1.82) is 0 Å². The van der Waals surface area contributed by atoms with E-state index in [9.17, 15) is 5.11 Å². The summed E-state index contributed by atoms with van der Waals surface area (Å²) in [7, 11) is 0. The van der Waals surface area contributed by atoms with Gasteiger partial charge in [0.05, 0.1) is 18.3 Å². The van der Waals surface area contributed by atoms with Gasteiger partial charge in [0.15, 0.2) is 0 Å². The molecule has 0 saturated carbocycles. The van der Waals surface area contributed by atoms with Gasteiger partial charge in [-0.05, 0) is 25.8 Å². The van der Waals surface area contributed by atoms with Gasteiger partial charge < -0.3 is 9.84 Å². The lowest BCUT2D eigenvalue weighted by atomic mass is 9.97. The summed E-state index contributed by atoms with van der Waals surface area (Å²) in [4.78, 5) is 2.37. The van der Waals surface area contributed by atoms with Crippen molar-refractivity contribution >= 4 is 0 Å². The molecule has 19 heavy (non-hydrogen) atoms. The summed E-state index contributed by atoms with van der Waals surface area (Å²) >= 11 is 0. The third-order valence-electron chi connectivity index (χ3n) is 3.84. The third-order valence-corrected chi connectivity index (χ3v) is 3.84. The van der Waals surface area contributed by atoms with E-state index in [4.69, 9.17) is 4.74 Å². The maximum Gasteiger partial charge on any atom is 0.0945 e. The molecule has 1 aromatic rings. The molecule has 4 unspecified atom stereocenters. The van der Waals surface area contributed by atoms with Gasteiger partial charge in [-0.1, -0.05) is 37.3 Å². The molecular weight excluding hydrogens is 238 g/mol. The summed E-state index contributed by atoms with van der Waals surface area (Å²) in [6.45, 7) is 8.13. The first-order valence-corrected chi connectivity index (χ1v) is 7.24. The lowest BCUT2D eigenvalue weighted by Crippen LogP contribution is -2.51. The Morgan fingerprint density at radius 1 is 1.21 bits per heavy atom. The quantitative estimate of drug-likeness (QED) is 0.906. The highest BCUT2D eigenvalue weighted by Crippen LogP contribution is 2.26. The van der Waals surface area contributed by atoms with E-state index in [-0.39, 0.29) is 18.2 Å². The number of nitrogens with zero attached hydrogens (tertiary/aromatic N) is 1. The summed E-state index contributed by atoms with van der Waals surface area (Å²) in [6.07, 6.45) is 0.987. The average molecular weight is 263 g/mol. The zero-order valence-electron chi connectivity index (χ0n) is 12.1. The first-order valence-electron chi connectivity index (χ1n) is 7.24. The molecule has 0 amide bonds. The molecule has 1 fully saturated rings. The van der Waals surface area contributed by atoms with E-state index in [0.717, 1.165) is 25.1 Å². The standard InChI is InChI=1S/C16H25NO2/c1-4-15(16(18)14-8-6-5-7-9-14)17-10-12(2)19-13(3)11-17/h5-9,12-13,15-16,18H,4,10-11H2,1-3H3. The van der Waals surface area contributed by atoms with Gasteiger partial charge in [-0.2, -0.15) is 0 Å². The molecule has 1 N–H and O–H groups in total. The van der Waals surface area contributed by atoms with Crippen LogP contribution in [0.1, 0.15) is 38.9 Å². The Morgan fingerprint density at radius 3 is 2.32 bits per heavy atom. The molecule has 3 nitrogen and oxygen atoms in total. The van der Waals surface area contributed by atoms with Crippen molar-refractivity contribution in [2.45, 2.75) is 51.5 Å². The van der Waals surface area contributed by atoms with Crippen LogP contribution in [0.15, 0.2) is 30.3 Å². The number of aliphatic hydroxyl groups is 1. The molecule has 1 saturated heterocycles. The number of hydrogen-bond acceptors (Lipinski definition) is 3. The first-order chi connectivity index (χ1) is 9.11. The molecule has 0 radical (unpaired) electrons. The topological polar surface area (TPSA) is 32.7 Å². The second kappa shape index (κ2) is 6.51. The van der Waals surface area contributed by atoms with Crippen LogP contribution in [-0.2, 0) is 4.74 Å². The Morgan fingerprint density at radius 2 is 1.79 bits per heavy atom. The monoisotopic (exact) mass is 263 g/mol. The fourth-order valence-electron chi connectivity index (χ4n) is 3.04. The van der Waals surface area contributed by atoms with E-state index >= 15 is 0 Å². The zero-order valence-corrected chi connectivity index (χ0v) is 12.1. The van der Waals surface area contributed by atoms with Gasteiger partial charge in [-0.3, -0.25) is 4.90 Å². The minimum absolute atomic E-state index is 0.163. The fourth-order valence-corrected chi connectivity index (χ4v) is 3.04. The van der Waals surface area contributed by atoms with E-state index in [2.05, 4.69) is 25.7 Å². The van der Waals surface area contributed by atoms with Gasteiger partial charge in [-0.15, -0.1) is 0 Å². The fraction of sp³-hybridized carbons (Fsp3) is 0.625. The van der Waals surface area contributed by atoms with E-state index in [1.165, 1.54) is 0 Å². The van der Waals surface area contributed by atoms with Crippen molar-refractivity contribution in [3.8, 4) is 0 Å². The van der Waals surface area contributed by atoms with Crippen molar-refractivity contribution in [2.75, 3.05) is 13.1 Å². The van der Waals surface area contributed by atoms with Crippen molar-refractivity contribution in [3.05, 3.63) is 35.9 Å². The number of morpholine rings is 1. The maximum atomic E-state index is 10.6. The van der Waals surface area contributed by atoms with Crippen molar-refractivity contribution in [1.82, 2.24) is 4.90 Å². The van der Waals surface area contributed by atoms with Crippen molar-refractivity contribution < 1.29 is 9.84 Å². The molecule has 1 aliphatic rings. The molecule has 1 heterocycles. The number of ether oxygens (including phenoxy) is 1. The van der Waals surface area contributed by atoms with Crippen LogP contribution >= 0.6 is 0 Å². The summed E-state index contributed by atoms with van der Waals surface area (Å²) in [5, 5.41) is 10.6. The molecule has 0 aliphatic carbocycles. The van der Waals surface area contributed by atoms with Gasteiger partial charge in [0, 0.05) is 19.1 Å². The zero-order chi connectivity index (χ0) is 13.8. The lowest BCUT2D eigenvalue weighted by Gasteiger charge is -2.41. The van der Waals surface area contributed by atoms with Crippen molar-refractivity contribution in [2.24, 2.45) is 0 Å². The Hall–Kier alpha value is -0.900. The smallest absolute Gasteiger partial charge is 0.0945 e. The molecule has 0 spiro atoms. The van der Waals surface area contributed by atoms with Crippen LogP contribution in [-0.4, -0.2) is 41.3 Å². The second-order valence-electron chi connectivity index (χ2n) is 5.54. The number of hydrogen-bond donors (Lipinski definition) is 1. The molecular formula is C16H25NO2. The van der Waals surface area contributed by atoms with Crippen LogP contribution in [0.3, 0.4) is 0 Å². The molecule has 106 valence electrons. The number of rotatable bonds is 4. The van der Waals surface area contributed by atoms with Crippen LogP contribution in [0.4, 0.5) is 0 Å². The minimum atomic E-state index is -0.427. The Bertz CT molecular complexity index is 372. The lowest BCUT2D eigenvalue weighted by molar-refractivity contribution is -0.0968. The predicted octanol–water partition coefficient (Wildman–Crippen LogP) is 2.61. The van der Waals surface area contributed by atoms with Gasteiger partial charge in [0.25, 0.3) is 0 Å². The molecule has 1 aromatic carbocycles. The van der Waals surface area contributed by atoms with Crippen LogP contribution < -0.4 is 0 Å². The first kappa shape index (κ1) is 14.5. The van der Waals surface area contributed by atoms with Crippen LogP contribution in [0.25, 0.3) is 0 Å². The second-order valence-corrected chi connectivity index (χ2v) is 5.54. The van der Waals surface area contributed by atoms with Gasteiger partial charge in [0.2, 0.25) is 0 Å². The van der Waals surface area contributed by atoms with E-state index < -0.39 is 6.10 Å². The molecule has 0 aromatic heterocycles. The summed E-state index contributed by atoms with van der Waals surface area (Å²) in [6, 6.07) is 10.1. The molecule has 0 bridgehead atoms. The van der Waals surface area contributed by atoms with Crippen LogP contribution in [0, 0.1) is 0 Å². The van der Waals surface area contributed by atoms with E-state index in [1.807, 2.05) is 30.3 Å². The third kappa shape index (κ3) is 3.56. The minimum Gasteiger partial charge on any atom is -0.387 e. The highest BCUT2D eigenvalue weighted by atomic mass is 16.5. The number of aliphatic hydroxyl groups excluding tert-OH is 1. The Labute approximate surface area is 116 Å². The largest absolute Gasteiger partial charge is 0.387 e. The summed E-state index contributed by atoms with van der Waals surface area (Å²) in [5.74, 6) is 0. The predicted molar refractivity (Wildman–Crippen MR) is 77.1 cm³/mol. The van der Waals surface area contributed by atoms with Gasteiger partial charge in [0.1, 0.15) is 0 Å². The van der Waals surface area contributed by atoms with E-state index in [0.29, 0.717) is 0 Å². The maximum absolute atomic E-state index is 10.6. The highest BCUT2D eigenvalue weighted by Gasteiger charge is 2.31. The average Bonchev–Trinajstić information content (AvgIpc) is 2.39. The highest BCUT2D eigenvalue weighted by molar-refractivity contribution is 5.19. The van der Waals surface area contributed by atoms with E-state index in [1.54, 1.807) is 0 Å². The molecule has 4 atom stereocenters. The SMILES string of the molecule is CCC(C(O)c1ccccc1)N1CC(C)OC(C)C1. The molecule has 2 rings (SSSR count).